The van der Waals surface area contributed by atoms with Gasteiger partial charge in [0.25, 0.3) is 5.91 Å². The molecule has 0 radical (unpaired) electrons. The van der Waals surface area contributed by atoms with E-state index in [1.54, 1.807) is 18.2 Å². The zero-order valence-corrected chi connectivity index (χ0v) is 17.8. The fourth-order valence-corrected chi connectivity index (χ4v) is 3.82. The van der Waals surface area contributed by atoms with E-state index in [0.29, 0.717) is 29.6 Å². The van der Waals surface area contributed by atoms with E-state index in [0.717, 1.165) is 12.6 Å². The minimum absolute atomic E-state index is 0.00907. The van der Waals surface area contributed by atoms with Gasteiger partial charge >= 0.3 is 0 Å². The van der Waals surface area contributed by atoms with Crippen molar-refractivity contribution in [2.24, 2.45) is 0 Å². The summed E-state index contributed by atoms with van der Waals surface area (Å²) in [4.78, 5) is 25.0. The minimum Gasteiger partial charge on any atom is -0.382 e. The summed E-state index contributed by atoms with van der Waals surface area (Å²) < 4.78 is 35.0. The molecule has 1 saturated heterocycles. The first-order valence-electron chi connectivity index (χ1n) is 10.5. The molecule has 1 amide bonds. The quantitative estimate of drug-likeness (QED) is 0.407. The number of fused-ring (bicyclic) bond motifs is 1. The van der Waals surface area contributed by atoms with Crippen LogP contribution in [-0.2, 0) is 16.1 Å². The number of hydrogen-bond acceptors (Lipinski definition) is 8. The molecule has 0 bridgehead atoms. The molecule has 1 aliphatic heterocycles. The third kappa shape index (κ3) is 3.99. The maximum atomic E-state index is 14.2. The largest absolute Gasteiger partial charge is 0.382 e. The first-order valence-corrected chi connectivity index (χ1v) is 10.5. The lowest BCUT2D eigenvalue weighted by atomic mass is 10.2. The first kappa shape index (κ1) is 21.6. The van der Waals surface area contributed by atoms with Gasteiger partial charge in [0.2, 0.25) is 0 Å². The van der Waals surface area contributed by atoms with Gasteiger partial charge in [-0.05, 0) is 25.0 Å². The second kappa shape index (κ2) is 8.63. The van der Waals surface area contributed by atoms with Crippen LogP contribution in [0.1, 0.15) is 18.4 Å². The average Bonchev–Trinajstić information content (AvgIpc) is 3.46. The van der Waals surface area contributed by atoms with Gasteiger partial charge in [-0.15, -0.1) is 0 Å². The Morgan fingerprint density at radius 1 is 1.21 bits per heavy atom. The number of benzene rings is 1. The van der Waals surface area contributed by atoms with E-state index in [9.17, 15) is 13.6 Å². The van der Waals surface area contributed by atoms with Gasteiger partial charge in [-0.25, -0.2) is 28.4 Å². The van der Waals surface area contributed by atoms with Crippen LogP contribution in [0.15, 0.2) is 36.5 Å². The van der Waals surface area contributed by atoms with Crippen LogP contribution in [0.4, 0.5) is 26.1 Å². The van der Waals surface area contributed by atoms with Gasteiger partial charge in [0.05, 0.1) is 18.1 Å². The number of nitrogens with zero attached hydrogens (tertiary/aromatic N) is 5. The maximum absolute atomic E-state index is 14.2. The summed E-state index contributed by atoms with van der Waals surface area (Å²) in [5.41, 5.74) is 13.0. The number of nitrogens with one attached hydrogen (secondary N) is 1. The highest BCUT2D eigenvalue weighted by atomic mass is 19.1. The molecule has 0 aliphatic carbocycles. The lowest BCUT2D eigenvalue weighted by molar-refractivity contribution is -0.124. The molecule has 4 heterocycles. The zero-order chi connectivity index (χ0) is 23.8. The molecule has 174 valence electrons. The van der Waals surface area contributed by atoms with Crippen LogP contribution in [0.2, 0.25) is 0 Å². The van der Waals surface area contributed by atoms with E-state index in [-0.39, 0.29) is 35.4 Å². The molecule has 5 rings (SSSR count). The summed E-state index contributed by atoms with van der Waals surface area (Å²) in [7, 11) is 0. The van der Waals surface area contributed by atoms with Gasteiger partial charge in [0, 0.05) is 12.2 Å². The molecule has 1 unspecified atom stereocenters. The van der Waals surface area contributed by atoms with Gasteiger partial charge in [0.1, 0.15) is 29.1 Å². The number of carbonyl (C=O) groups is 1. The molecule has 0 saturated carbocycles. The monoisotopic (exact) mass is 466 g/mol. The van der Waals surface area contributed by atoms with Crippen LogP contribution in [0.3, 0.4) is 0 Å². The average molecular weight is 466 g/mol. The number of nitrogens with two attached hydrogens (primary N) is 2. The van der Waals surface area contributed by atoms with Gasteiger partial charge in [-0.1, -0.05) is 18.2 Å². The summed E-state index contributed by atoms with van der Waals surface area (Å²) in [5.74, 6) is -1.57. The highest BCUT2D eigenvalue weighted by molar-refractivity contribution is 5.99. The molecule has 4 aromatic rings. The van der Waals surface area contributed by atoms with E-state index in [1.807, 2.05) is 0 Å². The van der Waals surface area contributed by atoms with Crippen molar-refractivity contribution in [1.29, 1.82) is 0 Å². The number of ether oxygens (including phenoxy) is 1. The number of amides is 1. The number of anilines is 3. The van der Waals surface area contributed by atoms with Gasteiger partial charge < -0.3 is 21.5 Å². The molecule has 3 aromatic heterocycles. The van der Waals surface area contributed by atoms with Crippen molar-refractivity contribution < 1.29 is 18.3 Å². The number of hydrogen-bond donors (Lipinski definition) is 3. The standard InChI is InChI=1S/C22H20F2N8O2/c23-12-8-13-16(31-32(21(13)27-9-12)10-11-4-1-2-5-14(11)24)20-29-18(25)17(19(26)30-20)28-22(33)15-6-3-7-34-15/h1-2,4-5,8-9,15H,3,6-7,10H2,(H,28,33)(H4,25,26,29,30). The van der Waals surface area contributed by atoms with Crippen molar-refractivity contribution in [3.63, 3.8) is 0 Å². The zero-order valence-electron chi connectivity index (χ0n) is 17.8. The summed E-state index contributed by atoms with van der Waals surface area (Å²) in [6.07, 6.45) is 1.82. The van der Waals surface area contributed by atoms with Crippen LogP contribution >= 0.6 is 0 Å². The van der Waals surface area contributed by atoms with Crippen molar-refractivity contribution in [3.05, 3.63) is 53.7 Å². The van der Waals surface area contributed by atoms with Crippen molar-refractivity contribution in [2.45, 2.75) is 25.5 Å². The molecule has 1 aromatic carbocycles. The number of rotatable bonds is 5. The minimum atomic E-state index is -0.597. The smallest absolute Gasteiger partial charge is 0.253 e. The van der Waals surface area contributed by atoms with Crippen molar-refractivity contribution >= 4 is 34.3 Å². The second-order valence-electron chi connectivity index (χ2n) is 7.81. The normalized spacial score (nSPS) is 15.6. The lowest BCUT2D eigenvalue weighted by Gasteiger charge is -2.13. The molecular formula is C22H20F2N8O2. The molecule has 12 heteroatoms. The predicted molar refractivity (Wildman–Crippen MR) is 120 cm³/mol. The van der Waals surface area contributed by atoms with Gasteiger partial charge in [-0.2, -0.15) is 5.10 Å². The van der Waals surface area contributed by atoms with Crippen LogP contribution in [0, 0.1) is 11.6 Å². The van der Waals surface area contributed by atoms with Crippen LogP contribution in [0.25, 0.3) is 22.6 Å². The SMILES string of the molecule is Nc1nc(-c2nn(Cc3ccccc3F)c3ncc(F)cc23)nc(N)c1NC(=O)C1CCCO1. The Morgan fingerprint density at radius 3 is 2.68 bits per heavy atom. The Bertz CT molecular complexity index is 1380. The number of pyridine rings is 1. The molecule has 5 N–H and O–H groups in total. The van der Waals surface area contributed by atoms with Crippen LogP contribution in [0.5, 0.6) is 0 Å². The molecule has 1 fully saturated rings. The third-order valence-corrected chi connectivity index (χ3v) is 5.48. The summed E-state index contributed by atoms with van der Waals surface area (Å²) in [6.45, 7) is 0.550. The highest BCUT2D eigenvalue weighted by Gasteiger charge is 2.26. The van der Waals surface area contributed by atoms with Crippen LogP contribution < -0.4 is 16.8 Å². The molecule has 1 atom stereocenters. The van der Waals surface area contributed by atoms with Crippen LogP contribution in [-0.4, -0.2) is 43.4 Å². The lowest BCUT2D eigenvalue weighted by Crippen LogP contribution is -2.28. The number of halogens is 2. The number of aromatic nitrogens is 5. The topological polar surface area (TPSA) is 147 Å². The summed E-state index contributed by atoms with van der Waals surface area (Å²) >= 11 is 0. The Morgan fingerprint density at radius 2 is 1.97 bits per heavy atom. The van der Waals surface area contributed by atoms with Crippen molar-refractivity contribution in [2.75, 3.05) is 23.4 Å². The molecule has 34 heavy (non-hydrogen) atoms. The Balaban J connectivity index is 1.54. The van der Waals surface area contributed by atoms with E-state index >= 15 is 0 Å². The fourth-order valence-electron chi connectivity index (χ4n) is 3.82. The highest BCUT2D eigenvalue weighted by Crippen LogP contribution is 2.31. The van der Waals surface area contributed by atoms with Crippen molar-refractivity contribution in [3.8, 4) is 11.5 Å². The Hall–Kier alpha value is -4.19. The van der Waals surface area contributed by atoms with E-state index < -0.39 is 23.6 Å². The van der Waals surface area contributed by atoms with Gasteiger partial charge in [0.15, 0.2) is 23.1 Å². The van der Waals surface area contributed by atoms with E-state index in [4.69, 9.17) is 16.2 Å². The molecular weight excluding hydrogens is 446 g/mol. The Labute approximate surface area is 192 Å². The van der Waals surface area contributed by atoms with Crippen molar-refractivity contribution in [1.82, 2.24) is 24.7 Å². The van der Waals surface area contributed by atoms with Gasteiger partial charge in [-0.3, -0.25) is 4.79 Å². The third-order valence-electron chi connectivity index (χ3n) is 5.48. The predicted octanol–water partition coefficient (Wildman–Crippen LogP) is 2.50. The van der Waals surface area contributed by atoms with E-state index in [1.165, 1.54) is 16.8 Å². The molecule has 10 nitrogen and oxygen atoms in total. The maximum Gasteiger partial charge on any atom is 0.253 e. The number of nitrogen functional groups attached to an aromatic ring is 2. The fraction of sp³-hybridized carbons (Fsp3) is 0.227. The summed E-state index contributed by atoms with van der Waals surface area (Å²) in [6, 6.07) is 7.46. The summed E-state index contributed by atoms with van der Waals surface area (Å²) in [5, 5.41) is 7.36. The second-order valence-corrected chi connectivity index (χ2v) is 7.81. The molecule has 1 aliphatic rings. The Kier molecular flexibility index (Phi) is 5.49. The van der Waals surface area contributed by atoms with E-state index in [2.05, 4.69) is 25.4 Å². The number of carbonyl (C=O) groups excluding carboxylic acids is 1. The first-order chi connectivity index (χ1) is 16.4. The molecule has 0 spiro atoms.